The molecule has 1 aliphatic rings. The normalized spacial score (nSPS) is 21.3. The van der Waals surface area contributed by atoms with Crippen LogP contribution >= 0.6 is 7.82 Å². The average Bonchev–Trinajstić information content (AvgIpc) is 3.39. The van der Waals surface area contributed by atoms with E-state index in [0.29, 0.717) is 49.6 Å². The monoisotopic (exact) mass is 805 g/mol. The Labute approximate surface area is 333 Å². The van der Waals surface area contributed by atoms with Crippen LogP contribution in [0.15, 0.2) is 24.3 Å². The third-order valence-corrected chi connectivity index (χ3v) is 11.0. The lowest BCUT2D eigenvalue weighted by molar-refractivity contribution is -0.870. The van der Waals surface area contributed by atoms with E-state index in [0.717, 1.165) is 38.5 Å². The largest absolute Gasteiger partial charge is 0.472 e. The second-order valence-corrected chi connectivity index (χ2v) is 17.8. The molecular weight excluding hydrogens is 725 g/mol. The number of ether oxygens (including phenoxy) is 2. The average molecular weight is 805 g/mol. The van der Waals surface area contributed by atoms with Crippen molar-refractivity contribution in [3.05, 3.63) is 24.3 Å². The molecule has 1 rings (SSSR count). The fourth-order valence-corrected chi connectivity index (χ4v) is 7.34. The van der Waals surface area contributed by atoms with Gasteiger partial charge < -0.3 is 34.2 Å². The van der Waals surface area contributed by atoms with Crippen LogP contribution in [0.25, 0.3) is 0 Å². The van der Waals surface area contributed by atoms with Crippen LogP contribution in [0, 0.1) is 11.8 Å². The van der Waals surface area contributed by atoms with E-state index in [9.17, 15) is 34.4 Å². The Morgan fingerprint density at radius 2 is 1.38 bits per heavy atom. The first-order valence-electron chi connectivity index (χ1n) is 21.3. The zero-order valence-electron chi connectivity index (χ0n) is 35.0. The number of unbranched alkanes of at least 4 members (excludes halogenated alkanes) is 13. The second kappa shape index (κ2) is 30.4. The predicted molar refractivity (Wildman–Crippen MR) is 217 cm³/mol. The van der Waals surface area contributed by atoms with Crippen molar-refractivity contribution in [2.45, 2.75) is 173 Å². The highest BCUT2D eigenvalue weighted by molar-refractivity contribution is 7.47. The molecule has 0 bridgehead atoms. The fourth-order valence-electron chi connectivity index (χ4n) is 6.60. The van der Waals surface area contributed by atoms with Crippen LogP contribution in [0.4, 0.5) is 0 Å². The van der Waals surface area contributed by atoms with E-state index >= 15 is 0 Å². The quantitative estimate of drug-likeness (QED) is 0.0164. The minimum Gasteiger partial charge on any atom is -0.462 e. The standard InChI is InChI=1S/C42H78NO11P/c1-6-8-10-11-12-13-14-15-16-17-23-27-42(48)54-36(34-53-55(49,50)52-31-30-43(3,4)5)33-51-41(47)26-22-19-18-21-25-37-38(40(46)32-39(37)45)29-28-35(44)24-20-9-7-2/h18,21,28-29,35-40,44-46H,6-17,19-20,22-27,30-34H2,1-5H3/p+1/b21-18+,29-28+/t35-,36+,37+,38+,39-,40+/m0/s1. The van der Waals surface area contributed by atoms with Crippen LogP contribution < -0.4 is 0 Å². The van der Waals surface area contributed by atoms with E-state index in [1.54, 1.807) is 6.08 Å². The molecule has 1 aliphatic carbocycles. The molecule has 0 aromatic heterocycles. The van der Waals surface area contributed by atoms with Gasteiger partial charge in [-0.2, -0.15) is 0 Å². The maximum Gasteiger partial charge on any atom is 0.472 e. The van der Waals surface area contributed by atoms with E-state index in [1.807, 2.05) is 39.4 Å². The number of allylic oxidation sites excluding steroid dienone is 2. The summed E-state index contributed by atoms with van der Waals surface area (Å²) in [6.45, 7) is 4.02. The van der Waals surface area contributed by atoms with Gasteiger partial charge in [0.25, 0.3) is 0 Å². The molecule has 1 unspecified atom stereocenters. The number of hydrogen-bond acceptors (Lipinski definition) is 10. The third kappa shape index (κ3) is 27.6. The number of phosphoric ester groups is 1. The molecule has 0 amide bonds. The summed E-state index contributed by atoms with van der Waals surface area (Å²) in [6, 6.07) is 0. The molecule has 7 atom stereocenters. The molecule has 0 aliphatic heterocycles. The summed E-state index contributed by atoms with van der Waals surface area (Å²) >= 11 is 0. The third-order valence-electron chi connectivity index (χ3n) is 10.1. The Balaban J connectivity index is 2.53. The zero-order valence-corrected chi connectivity index (χ0v) is 35.9. The van der Waals surface area contributed by atoms with Gasteiger partial charge in [-0.1, -0.05) is 122 Å². The lowest BCUT2D eigenvalue weighted by Gasteiger charge is -2.24. The van der Waals surface area contributed by atoms with E-state index in [1.165, 1.54) is 44.9 Å². The molecular formula is C42H79NO11P+. The van der Waals surface area contributed by atoms with Crippen molar-refractivity contribution in [3.8, 4) is 0 Å². The molecule has 55 heavy (non-hydrogen) atoms. The highest BCUT2D eigenvalue weighted by Gasteiger charge is 2.39. The Morgan fingerprint density at radius 3 is 2.02 bits per heavy atom. The number of aliphatic hydroxyl groups excluding tert-OH is 3. The molecule has 12 nitrogen and oxygen atoms in total. The fraction of sp³-hybridized carbons (Fsp3) is 0.857. The first-order valence-corrected chi connectivity index (χ1v) is 22.8. The molecule has 0 saturated heterocycles. The number of phosphoric acid groups is 1. The number of hydrogen-bond donors (Lipinski definition) is 4. The highest BCUT2D eigenvalue weighted by atomic mass is 31.2. The summed E-state index contributed by atoms with van der Waals surface area (Å²) in [6.07, 6.45) is 23.3. The Morgan fingerprint density at radius 1 is 0.782 bits per heavy atom. The Hall–Kier alpha value is -1.63. The predicted octanol–water partition coefficient (Wildman–Crippen LogP) is 7.95. The number of aliphatic hydroxyl groups is 3. The summed E-state index contributed by atoms with van der Waals surface area (Å²) in [5, 5.41) is 31.3. The number of carbonyl (C=O) groups excluding carboxylic acids is 2. The van der Waals surface area contributed by atoms with Crippen molar-refractivity contribution >= 4 is 19.8 Å². The lowest BCUT2D eigenvalue weighted by Crippen LogP contribution is -2.37. The molecule has 322 valence electrons. The second-order valence-electron chi connectivity index (χ2n) is 16.4. The van der Waals surface area contributed by atoms with Gasteiger partial charge in [0, 0.05) is 25.2 Å². The van der Waals surface area contributed by atoms with Crippen LogP contribution in [0.1, 0.15) is 149 Å². The van der Waals surface area contributed by atoms with Gasteiger partial charge in [0.05, 0.1) is 46.1 Å². The maximum atomic E-state index is 12.7. The van der Waals surface area contributed by atoms with Crippen molar-refractivity contribution in [1.29, 1.82) is 0 Å². The van der Waals surface area contributed by atoms with Crippen molar-refractivity contribution in [1.82, 2.24) is 0 Å². The molecule has 1 fully saturated rings. The van der Waals surface area contributed by atoms with Gasteiger partial charge in [-0.3, -0.25) is 18.6 Å². The Bertz CT molecular complexity index is 1110. The molecule has 0 aromatic carbocycles. The van der Waals surface area contributed by atoms with Crippen LogP contribution in [0.5, 0.6) is 0 Å². The van der Waals surface area contributed by atoms with E-state index in [-0.39, 0.29) is 37.9 Å². The van der Waals surface area contributed by atoms with Crippen LogP contribution in [0.3, 0.4) is 0 Å². The highest BCUT2D eigenvalue weighted by Crippen LogP contribution is 2.43. The Kier molecular flexibility index (Phi) is 28.4. The number of quaternary nitrogens is 1. The van der Waals surface area contributed by atoms with Gasteiger partial charge in [-0.15, -0.1) is 0 Å². The molecule has 1 saturated carbocycles. The SMILES string of the molecule is CCCCCCCCCCCCCC(=O)O[C@H](COC(=O)CCC/C=C/C[C@@H]1[C@@H](/C=C/[C@@H](O)CCCCC)[C@H](O)C[C@@H]1O)COP(=O)(O)OCC[N+](C)(C)C. The minimum atomic E-state index is -4.43. The summed E-state index contributed by atoms with van der Waals surface area (Å²) in [4.78, 5) is 35.4. The molecule has 13 heteroatoms. The molecule has 0 aromatic rings. The van der Waals surface area contributed by atoms with Crippen molar-refractivity contribution in [2.24, 2.45) is 11.8 Å². The molecule has 0 heterocycles. The summed E-state index contributed by atoms with van der Waals surface area (Å²) in [5.74, 6) is -1.38. The summed E-state index contributed by atoms with van der Waals surface area (Å²) in [5.41, 5.74) is 0. The van der Waals surface area contributed by atoms with Gasteiger partial charge in [-0.25, -0.2) is 4.57 Å². The first-order chi connectivity index (χ1) is 26.2. The number of likely N-dealkylation sites (N-methyl/N-ethyl adjacent to an activating group) is 1. The summed E-state index contributed by atoms with van der Waals surface area (Å²) < 4.78 is 34.2. The zero-order chi connectivity index (χ0) is 41.0. The van der Waals surface area contributed by atoms with E-state index in [2.05, 4.69) is 13.8 Å². The number of rotatable bonds is 34. The van der Waals surface area contributed by atoms with Gasteiger partial charge in [0.2, 0.25) is 0 Å². The lowest BCUT2D eigenvalue weighted by atomic mass is 9.89. The van der Waals surface area contributed by atoms with Gasteiger partial charge in [0.15, 0.2) is 6.10 Å². The van der Waals surface area contributed by atoms with E-state index in [4.69, 9.17) is 18.5 Å². The number of nitrogens with zero attached hydrogens (tertiary/aromatic N) is 1. The van der Waals surface area contributed by atoms with Gasteiger partial charge >= 0.3 is 19.8 Å². The molecule has 0 spiro atoms. The number of esters is 2. The van der Waals surface area contributed by atoms with Gasteiger partial charge in [0.1, 0.15) is 19.8 Å². The van der Waals surface area contributed by atoms with E-state index < -0.39 is 50.8 Å². The minimum absolute atomic E-state index is 0.00578. The first kappa shape index (κ1) is 51.4. The summed E-state index contributed by atoms with van der Waals surface area (Å²) in [7, 11) is 1.35. The van der Waals surface area contributed by atoms with Gasteiger partial charge in [-0.05, 0) is 38.0 Å². The number of carbonyl (C=O) groups is 2. The van der Waals surface area contributed by atoms with Crippen molar-refractivity contribution in [3.63, 3.8) is 0 Å². The van der Waals surface area contributed by atoms with Crippen molar-refractivity contribution < 1.29 is 57.4 Å². The van der Waals surface area contributed by atoms with Crippen molar-refractivity contribution in [2.75, 3.05) is 47.5 Å². The van der Waals surface area contributed by atoms with Crippen LogP contribution in [0.2, 0.25) is 0 Å². The topological polar surface area (TPSA) is 169 Å². The smallest absolute Gasteiger partial charge is 0.462 e. The van der Waals surface area contributed by atoms with Crippen LogP contribution in [-0.4, -0.2) is 109 Å². The molecule has 4 N–H and O–H groups in total. The molecule has 0 radical (unpaired) electrons. The van der Waals surface area contributed by atoms with Crippen LogP contribution in [-0.2, 0) is 32.7 Å². The maximum absolute atomic E-state index is 12.7.